The highest BCUT2D eigenvalue weighted by Gasteiger charge is 2.44. The van der Waals surface area contributed by atoms with Crippen LogP contribution in [0.1, 0.15) is 24.8 Å². The quantitative estimate of drug-likeness (QED) is 0.869. The number of benzene rings is 1. The minimum absolute atomic E-state index is 0.0591. The number of rotatable bonds is 5. The normalized spacial score (nSPS) is 24.4. The van der Waals surface area contributed by atoms with Gasteiger partial charge >= 0.3 is 0 Å². The van der Waals surface area contributed by atoms with Crippen molar-refractivity contribution in [2.24, 2.45) is 11.7 Å². The highest BCUT2D eigenvalue weighted by molar-refractivity contribution is 5.86. The Balaban J connectivity index is 1.70. The SMILES string of the molecule is N#CCC1CN(C(=O)[C@H]2CC[C@@H](C(N)=O)N2Cc2ccccc2)C1. The average molecular weight is 326 g/mol. The van der Waals surface area contributed by atoms with E-state index < -0.39 is 6.04 Å². The number of primary amides is 1. The lowest BCUT2D eigenvalue weighted by molar-refractivity contribution is -0.143. The molecule has 24 heavy (non-hydrogen) atoms. The van der Waals surface area contributed by atoms with Crippen LogP contribution in [0.15, 0.2) is 30.3 Å². The molecule has 1 aromatic rings. The number of hydrogen-bond donors (Lipinski definition) is 1. The molecule has 2 amide bonds. The van der Waals surface area contributed by atoms with E-state index in [2.05, 4.69) is 6.07 Å². The standard InChI is InChI=1S/C18H22N4O2/c19-9-8-14-10-21(11-14)18(24)16-7-6-15(17(20)23)22(16)12-13-4-2-1-3-5-13/h1-5,14-16H,6-8,10-12H2,(H2,20,23)/t15-,16+/m0/s1. The van der Waals surface area contributed by atoms with E-state index in [4.69, 9.17) is 11.0 Å². The Morgan fingerprint density at radius 1 is 1.17 bits per heavy atom. The summed E-state index contributed by atoms with van der Waals surface area (Å²) in [6.45, 7) is 1.83. The van der Waals surface area contributed by atoms with Gasteiger partial charge in [0, 0.05) is 32.0 Å². The van der Waals surface area contributed by atoms with E-state index in [1.54, 1.807) is 4.90 Å². The summed E-state index contributed by atoms with van der Waals surface area (Å²) in [5.41, 5.74) is 6.61. The van der Waals surface area contributed by atoms with Crippen molar-refractivity contribution in [3.63, 3.8) is 0 Å². The number of nitrogens with two attached hydrogens (primary N) is 1. The van der Waals surface area contributed by atoms with Crippen molar-refractivity contribution >= 4 is 11.8 Å². The first kappa shape index (κ1) is 16.5. The van der Waals surface area contributed by atoms with Gasteiger partial charge in [0.05, 0.1) is 18.2 Å². The van der Waals surface area contributed by atoms with Gasteiger partial charge in [-0.25, -0.2) is 0 Å². The van der Waals surface area contributed by atoms with Crippen LogP contribution < -0.4 is 5.73 Å². The third-order valence-corrected chi connectivity index (χ3v) is 4.98. The van der Waals surface area contributed by atoms with Gasteiger partial charge in [-0.05, 0) is 18.4 Å². The number of amides is 2. The Kier molecular flexibility index (Phi) is 4.81. The van der Waals surface area contributed by atoms with E-state index in [1.165, 1.54) is 0 Å². The second-order valence-corrected chi connectivity index (χ2v) is 6.64. The minimum atomic E-state index is -0.393. The highest BCUT2D eigenvalue weighted by atomic mass is 16.2. The van der Waals surface area contributed by atoms with E-state index >= 15 is 0 Å². The van der Waals surface area contributed by atoms with Gasteiger partial charge in [-0.1, -0.05) is 30.3 Å². The molecular formula is C18H22N4O2. The molecular weight excluding hydrogens is 304 g/mol. The lowest BCUT2D eigenvalue weighted by atomic mass is 9.96. The summed E-state index contributed by atoms with van der Waals surface area (Å²) in [7, 11) is 0. The van der Waals surface area contributed by atoms with E-state index in [0.717, 1.165) is 5.56 Å². The van der Waals surface area contributed by atoms with Crippen molar-refractivity contribution < 1.29 is 9.59 Å². The number of carbonyl (C=O) groups excluding carboxylic acids is 2. The molecule has 2 atom stereocenters. The molecule has 3 rings (SSSR count). The molecule has 2 N–H and O–H groups in total. The zero-order valence-corrected chi connectivity index (χ0v) is 13.6. The van der Waals surface area contributed by atoms with E-state index in [-0.39, 0.29) is 23.8 Å². The Morgan fingerprint density at radius 3 is 2.46 bits per heavy atom. The Bertz CT molecular complexity index is 649. The summed E-state index contributed by atoms with van der Waals surface area (Å²) < 4.78 is 0. The van der Waals surface area contributed by atoms with Crippen LogP contribution in [0.3, 0.4) is 0 Å². The molecule has 2 heterocycles. The molecule has 2 aliphatic heterocycles. The zero-order chi connectivity index (χ0) is 17.1. The zero-order valence-electron chi connectivity index (χ0n) is 13.6. The van der Waals surface area contributed by atoms with Gasteiger partial charge in [0.25, 0.3) is 0 Å². The lowest BCUT2D eigenvalue weighted by Gasteiger charge is -2.41. The molecule has 2 saturated heterocycles. The average Bonchev–Trinajstić information content (AvgIpc) is 2.94. The summed E-state index contributed by atoms with van der Waals surface area (Å²) in [6.07, 6.45) is 1.76. The topological polar surface area (TPSA) is 90.4 Å². The van der Waals surface area contributed by atoms with Gasteiger partial charge in [0.2, 0.25) is 11.8 Å². The monoisotopic (exact) mass is 326 g/mol. The molecule has 6 heteroatoms. The molecule has 126 valence electrons. The van der Waals surface area contributed by atoms with Crippen LogP contribution in [-0.4, -0.2) is 46.8 Å². The summed E-state index contributed by atoms with van der Waals surface area (Å²) in [5, 5.41) is 8.73. The number of likely N-dealkylation sites (tertiary alicyclic amines) is 2. The van der Waals surface area contributed by atoms with Gasteiger partial charge < -0.3 is 10.6 Å². The van der Waals surface area contributed by atoms with Crippen molar-refractivity contribution in [3.8, 4) is 6.07 Å². The fraction of sp³-hybridized carbons (Fsp3) is 0.500. The summed E-state index contributed by atoms with van der Waals surface area (Å²) in [5.74, 6) is -0.0223. The van der Waals surface area contributed by atoms with Gasteiger partial charge in [-0.2, -0.15) is 5.26 Å². The molecule has 0 spiro atoms. The predicted molar refractivity (Wildman–Crippen MR) is 88.3 cm³/mol. The second kappa shape index (κ2) is 7.02. The third-order valence-electron chi connectivity index (χ3n) is 4.98. The van der Waals surface area contributed by atoms with E-state index in [9.17, 15) is 9.59 Å². The van der Waals surface area contributed by atoms with Crippen LogP contribution in [-0.2, 0) is 16.1 Å². The number of nitriles is 1. The Hall–Kier alpha value is -2.39. The molecule has 0 unspecified atom stereocenters. The van der Waals surface area contributed by atoms with Crippen LogP contribution in [0.2, 0.25) is 0 Å². The van der Waals surface area contributed by atoms with Crippen LogP contribution in [0.4, 0.5) is 0 Å². The lowest BCUT2D eigenvalue weighted by Crippen LogP contribution is -2.57. The Morgan fingerprint density at radius 2 is 1.83 bits per heavy atom. The molecule has 0 radical (unpaired) electrons. The van der Waals surface area contributed by atoms with Crippen LogP contribution >= 0.6 is 0 Å². The first-order valence-corrected chi connectivity index (χ1v) is 8.35. The van der Waals surface area contributed by atoms with Crippen LogP contribution in [0, 0.1) is 17.2 Å². The number of hydrogen-bond acceptors (Lipinski definition) is 4. The van der Waals surface area contributed by atoms with Crippen molar-refractivity contribution in [1.82, 2.24) is 9.80 Å². The van der Waals surface area contributed by atoms with Crippen molar-refractivity contribution in [3.05, 3.63) is 35.9 Å². The maximum absolute atomic E-state index is 12.8. The molecule has 0 bridgehead atoms. The fourth-order valence-electron chi connectivity index (χ4n) is 3.67. The maximum atomic E-state index is 12.8. The van der Waals surface area contributed by atoms with Crippen molar-refractivity contribution in [2.75, 3.05) is 13.1 Å². The summed E-state index contributed by atoms with van der Waals surface area (Å²) in [4.78, 5) is 28.3. The van der Waals surface area contributed by atoms with Gasteiger partial charge in [0.1, 0.15) is 0 Å². The van der Waals surface area contributed by atoms with Gasteiger partial charge in [-0.3, -0.25) is 14.5 Å². The largest absolute Gasteiger partial charge is 0.368 e. The molecule has 0 aliphatic carbocycles. The number of nitrogens with zero attached hydrogens (tertiary/aromatic N) is 3. The molecule has 6 nitrogen and oxygen atoms in total. The summed E-state index contributed by atoms with van der Waals surface area (Å²) in [6, 6.07) is 11.3. The maximum Gasteiger partial charge on any atom is 0.239 e. The smallest absolute Gasteiger partial charge is 0.239 e. The Labute approximate surface area is 141 Å². The van der Waals surface area contributed by atoms with Crippen LogP contribution in [0.25, 0.3) is 0 Å². The van der Waals surface area contributed by atoms with Crippen molar-refractivity contribution in [1.29, 1.82) is 5.26 Å². The van der Waals surface area contributed by atoms with E-state index in [0.29, 0.717) is 38.9 Å². The first-order valence-electron chi connectivity index (χ1n) is 8.35. The van der Waals surface area contributed by atoms with Crippen LogP contribution in [0.5, 0.6) is 0 Å². The van der Waals surface area contributed by atoms with Gasteiger partial charge in [-0.15, -0.1) is 0 Å². The predicted octanol–water partition coefficient (Wildman–Crippen LogP) is 0.877. The molecule has 2 fully saturated rings. The number of carbonyl (C=O) groups is 2. The molecule has 0 aromatic heterocycles. The molecule has 2 aliphatic rings. The summed E-state index contributed by atoms with van der Waals surface area (Å²) >= 11 is 0. The first-order chi connectivity index (χ1) is 11.6. The molecule has 1 aromatic carbocycles. The minimum Gasteiger partial charge on any atom is -0.368 e. The second-order valence-electron chi connectivity index (χ2n) is 6.64. The van der Waals surface area contributed by atoms with Crippen molar-refractivity contribution in [2.45, 2.75) is 37.9 Å². The van der Waals surface area contributed by atoms with E-state index in [1.807, 2.05) is 35.2 Å². The third kappa shape index (κ3) is 3.26. The van der Waals surface area contributed by atoms with Gasteiger partial charge in [0.15, 0.2) is 0 Å². The highest BCUT2D eigenvalue weighted by Crippen LogP contribution is 2.30. The fourth-order valence-corrected chi connectivity index (χ4v) is 3.67. The molecule has 0 saturated carbocycles.